The van der Waals surface area contributed by atoms with Gasteiger partial charge in [0.15, 0.2) is 0 Å². The molecule has 0 amide bonds. The molecule has 0 aliphatic carbocycles. The molecule has 22 heavy (non-hydrogen) atoms. The molecule has 1 aliphatic heterocycles. The van der Waals surface area contributed by atoms with Crippen molar-refractivity contribution in [3.8, 4) is 0 Å². The van der Waals surface area contributed by atoms with Crippen LogP contribution in [0.1, 0.15) is 21.2 Å². The van der Waals surface area contributed by atoms with Gasteiger partial charge in [-0.05, 0) is 23.6 Å². The molecule has 0 radical (unpaired) electrons. The van der Waals surface area contributed by atoms with Crippen LogP contribution in [0.15, 0.2) is 34.1 Å². The van der Waals surface area contributed by atoms with Crippen molar-refractivity contribution in [2.24, 2.45) is 0 Å². The molecule has 3 heterocycles. The predicted molar refractivity (Wildman–Crippen MR) is 84.9 cm³/mol. The van der Waals surface area contributed by atoms with E-state index >= 15 is 0 Å². The Morgan fingerprint density at radius 3 is 2.55 bits per heavy atom. The fraction of sp³-hybridized carbons (Fsp3) is 0.438. The minimum atomic E-state index is -0.424. The Balaban J connectivity index is 1.47. The highest BCUT2D eigenvalue weighted by Crippen LogP contribution is 2.16. The van der Waals surface area contributed by atoms with Gasteiger partial charge in [0.1, 0.15) is 5.76 Å². The number of piperazine rings is 1. The van der Waals surface area contributed by atoms with E-state index in [4.69, 9.17) is 4.42 Å². The van der Waals surface area contributed by atoms with Crippen LogP contribution in [0.4, 0.5) is 0 Å². The summed E-state index contributed by atoms with van der Waals surface area (Å²) in [6.07, 6.45) is 0. The van der Waals surface area contributed by atoms with Crippen molar-refractivity contribution < 1.29 is 13.9 Å². The number of carbonyl (C=O) groups is 1. The van der Waals surface area contributed by atoms with Crippen LogP contribution in [-0.4, -0.2) is 49.1 Å². The maximum Gasteiger partial charge on any atom is 0.373 e. The van der Waals surface area contributed by atoms with E-state index < -0.39 is 5.97 Å². The van der Waals surface area contributed by atoms with E-state index in [1.54, 1.807) is 6.07 Å². The number of thiophene rings is 1. The van der Waals surface area contributed by atoms with Crippen molar-refractivity contribution in [1.29, 1.82) is 0 Å². The van der Waals surface area contributed by atoms with Crippen molar-refractivity contribution in [1.82, 2.24) is 9.80 Å². The lowest BCUT2D eigenvalue weighted by Crippen LogP contribution is -2.45. The van der Waals surface area contributed by atoms with E-state index in [0.717, 1.165) is 45.0 Å². The Morgan fingerprint density at radius 2 is 1.91 bits per heavy atom. The lowest BCUT2D eigenvalue weighted by atomic mass is 10.3. The number of nitrogens with zero attached hydrogens (tertiary/aromatic N) is 2. The average molecular weight is 320 g/mol. The Hall–Kier alpha value is -1.63. The van der Waals surface area contributed by atoms with E-state index in [1.165, 1.54) is 12.0 Å². The zero-order chi connectivity index (χ0) is 15.4. The SMILES string of the molecule is COC(=O)c1ccc(CN2CCN(Cc3cccs3)CC2)o1. The molecule has 2 aromatic rings. The molecule has 5 nitrogen and oxygen atoms in total. The molecule has 118 valence electrons. The summed E-state index contributed by atoms with van der Waals surface area (Å²) in [5.74, 6) is 0.660. The summed E-state index contributed by atoms with van der Waals surface area (Å²) in [4.78, 5) is 17.6. The lowest BCUT2D eigenvalue weighted by Gasteiger charge is -2.33. The molecule has 6 heteroatoms. The van der Waals surface area contributed by atoms with Gasteiger partial charge in [-0.1, -0.05) is 6.07 Å². The molecule has 0 unspecified atom stereocenters. The molecule has 2 aromatic heterocycles. The summed E-state index contributed by atoms with van der Waals surface area (Å²) in [6.45, 7) is 5.92. The van der Waals surface area contributed by atoms with Crippen LogP contribution in [0.5, 0.6) is 0 Å². The molecule has 0 saturated carbocycles. The van der Waals surface area contributed by atoms with Gasteiger partial charge < -0.3 is 9.15 Å². The Bertz CT molecular complexity index is 601. The van der Waals surface area contributed by atoms with E-state index in [0.29, 0.717) is 0 Å². The number of carbonyl (C=O) groups excluding carboxylic acids is 1. The van der Waals surface area contributed by atoms with Crippen molar-refractivity contribution in [3.63, 3.8) is 0 Å². The van der Waals surface area contributed by atoms with Crippen LogP contribution in [0.3, 0.4) is 0 Å². The summed E-state index contributed by atoms with van der Waals surface area (Å²) >= 11 is 1.81. The van der Waals surface area contributed by atoms with Gasteiger partial charge in [0, 0.05) is 37.6 Å². The molecule has 0 N–H and O–H groups in total. The number of hydrogen-bond donors (Lipinski definition) is 0. The van der Waals surface area contributed by atoms with Crippen molar-refractivity contribution in [2.75, 3.05) is 33.3 Å². The van der Waals surface area contributed by atoms with Crippen LogP contribution in [0, 0.1) is 0 Å². The quantitative estimate of drug-likeness (QED) is 0.792. The monoisotopic (exact) mass is 320 g/mol. The van der Waals surface area contributed by atoms with Crippen LogP contribution in [0.25, 0.3) is 0 Å². The molecule has 0 aromatic carbocycles. The van der Waals surface area contributed by atoms with Crippen molar-refractivity contribution in [2.45, 2.75) is 13.1 Å². The van der Waals surface area contributed by atoms with Crippen molar-refractivity contribution in [3.05, 3.63) is 46.0 Å². The molecular weight excluding hydrogens is 300 g/mol. The van der Waals surface area contributed by atoms with Crippen molar-refractivity contribution >= 4 is 17.3 Å². The first-order chi connectivity index (χ1) is 10.7. The number of ether oxygens (including phenoxy) is 1. The zero-order valence-electron chi connectivity index (χ0n) is 12.7. The first-order valence-corrected chi connectivity index (χ1v) is 8.26. The molecule has 1 aliphatic rings. The highest BCUT2D eigenvalue weighted by atomic mass is 32.1. The summed E-state index contributed by atoms with van der Waals surface area (Å²) in [5.41, 5.74) is 0. The van der Waals surface area contributed by atoms with E-state index in [9.17, 15) is 4.79 Å². The number of methoxy groups -OCH3 is 1. The predicted octanol–water partition coefficient (Wildman–Crippen LogP) is 2.45. The molecule has 0 atom stereocenters. The van der Waals surface area contributed by atoms with Crippen LogP contribution in [-0.2, 0) is 17.8 Å². The standard InChI is InChI=1S/C16H20N2O3S/c1-20-16(19)15-5-4-13(21-15)11-17-6-8-18(9-7-17)12-14-3-2-10-22-14/h2-5,10H,6-9,11-12H2,1H3. The minimum Gasteiger partial charge on any atom is -0.463 e. The fourth-order valence-electron chi connectivity index (χ4n) is 2.62. The lowest BCUT2D eigenvalue weighted by molar-refractivity contribution is 0.0559. The van der Waals surface area contributed by atoms with E-state index in [1.807, 2.05) is 17.4 Å². The van der Waals surface area contributed by atoms with Gasteiger partial charge >= 0.3 is 5.97 Å². The van der Waals surface area contributed by atoms with Crippen LogP contribution in [0.2, 0.25) is 0 Å². The highest BCUT2D eigenvalue weighted by molar-refractivity contribution is 7.09. The van der Waals surface area contributed by atoms with E-state index in [-0.39, 0.29) is 5.76 Å². The van der Waals surface area contributed by atoms with Gasteiger partial charge in [0.25, 0.3) is 0 Å². The number of rotatable bonds is 5. The first-order valence-electron chi connectivity index (χ1n) is 7.39. The van der Waals surface area contributed by atoms with Crippen LogP contribution >= 0.6 is 11.3 Å². The minimum absolute atomic E-state index is 0.272. The van der Waals surface area contributed by atoms with Gasteiger partial charge in [0.05, 0.1) is 13.7 Å². The molecule has 1 saturated heterocycles. The van der Waals surface area contributed by atoms with Gasteiger partial charge in [-0.2, -0.15) is 0 Å². The van der Waals surface area contributed by atoms with Crippen LogP contribution < -0.4 is 0 Å². The first kappa shape index (κ1) is 15.3. The third-order valence-corrected chi connectivity index (χ3v) is 4.71. The molecular formula is C16H20N2O3S. The summed E-state index contributed by atoms with van der Waals surface area (Å²) in [5, 5.41) is 2.13. The summed E-state index contributed by atoms with van der Waals surface area (Å²) < 4.78 is 10.2. The number of furan rings is 1. The van der Waals surface area contributed by atoms with E-state index in [2.05, 4.69) is 32.0 Å². The Labute approximate surface area is 134 Å². The Kier molecular flexibility index (Phi) is 4.92. The number of hydrogen-bond acceptors (Lipinski definition) is 6. The number of esters is 1. The molecule has 0 spiro atoms. The topological polar surface area (TPSA) is 45.9 Å². The second kappa shape index (κ2) is 7.09. The normalized spacial score (nSPS) is 16.8. The highest BCUT2D eigenvalue weighted by Gasteiger charge is 2.19. The third kappa shape index (κ3) is 3.76. The molecule has 3 rings (SSSR count). The van der Waals surface area contributed by atoms with Gasteiger partial charge in [-0.15, -0.1) is 11.3 Å². The second-order valence-electron chi connectivity index (χ2n) is 5.39. The summed E-state index contributed by atoms with van der Waals surface area (Å²) in [6, 6.07) is 7.82. The summed E-state index contributed by atoms with van der Waals surface area (Å²) in [7, 11) is 1.36. The molecule has 0 bridgehead atoms. The smallest absolute Gasteiger partial charge is 0.373 e. The third-order valence-electron chi connectivity index (χ3n) is 3.85. The fourth-order valence-corrected chi connectivity index (χ4v) is 3.37. The largest absolute Gasteiger partial charge is 0.463 e. The Morgan fingerprint density at radius 1 is 1.18 bits per heavy atom. The van der Waals surface area contributed by atoms with Gasteiger partial charge in [0.2, 0.25) is 5.76 Å². The maximum absolute atomic E-state index is 11.4. The zero-order valence-corrected chi connectivity index (χ0v) is 13.5. The maximum atomic E-state index is 11.4. The average Bonchev–Trinajstić information content (AvgIpc) is 3.20. The van der Waals surface area contributed by atoms with Gasteiger partial charge in [-0.3, -0.25) is 9.80 Å². The molecule has 1 fully saturated rings. The second-order valence-corrected chi connectivity index (χ2v) is 6.42. The van der Waals surface area contributed by atoms with Gasteiger partial charge in [-0.25, -0.2) is 4.79 Å².